The first-order valence-electron chi connectivity index (χ1n) is 11.0. The molecule has 0 atom stereocenters. The summed E-state index contributed by atoms with van der Waals surface area (Å²) in [6, 6.07) is 19.7. The van der Waals surface area contributed by atoms with Crippen molar-refractivity contribution in [2.24, 2.45) is 17.1 Å². The number of furan rings is 1. The molecule has 186 valence electrons. The maximum atomic E-state index is 13.4. The third-order valence-corrected chi connectivity index (χ3v) is 7.17. The Bertz CT molecular complexity index is 1770. The fraction of sp³-hybridized carbons (Fsp3) is 0.0800. The van der Waals surface area contributed by atoms with Gasteiger partial charge in [-0.2, -0.15) is 5.10 Å². The number of aromatic nitrogens is 3. The number of thiazole rings is 1. The molecular formula is C25H19BrN6O4S. The second-order valence-corrected chi connectivity index (χ2v) is 9.59. The number of benzene rings is 2. The van der Waals surface area contributed by atoms with Crippen molar-refractivity contribution in [3.63, 3.8) is 0 Å². The summed E-state index contributed by atoms with van der Waals surface area (Å²) in [7, 11) is 1.81. The monoisotopic (exact) mass is 578 g/mol. The van der Waals surface area contributed by atoms with E-state index in [1.807, 2.05) is 66.9 Å². The largest absolute Gasteiger partial charge is 0.433 e. The third-order valence-electron chi connectivity index (χ3n) is 5.66. The first kappa shape index (κ1) is 24.4. The van der Waals surface area contributed by atoms with Gasteiger partial charge in [0.2, 0.25) is 4.80 Å². The van der Waals surface area contributed by atoms with Crippen molar-refractivity contribution in [2.45, 2.75) is 6.92 Å². The molecule has 0 saturated heterocycles. The summed E-state index contributed by atoms with van der Waals surface area (Å²) in [6.45, 7) is 1.83. The van der Waals surface area contributed by atoms with Crippen molar-refractivity contribution in [1.29, 1.82) is 0 Å². The van der Waals surface area contributed by atoms with E-state index < -0.39 is 4.92 Å². The number of nitro groups is 1. The molecule has 5 rings (SSSR count). The van der Waals surface area contributed by atoms with Crippen LogP contribution in [0.4, 0.5) is 11.6 Å². The van der Waals surface area contributed by atoms with Crippen LogP contribution in [0, 0.1) is 17.0 Å². The lowest BCUT2D eigenvalue weighted by molar-refractivity contribution is -0.402. The van der Waals surface area contributed by atoms with Crippen LogP contribution in [0.25, 0.3) is 16.9 Å². The zero-order valence-electron chi connectivity index (χ0n) is 19.6. The van der Waals surface area contributed by atoms with Gasteiger partial charge in [0.15, 0.2) is 11.4 Å². The molecule has 3 aromatic heterocycles. The number of hydrogen-bond donors (Lipinski definition) is 0. The molecule has 0 N–H and O–H groups in total. The number of rotatable bonds is 6. The predicted octanol–water partition coefficient (Wildman–Crippen LogP) is 5.39. The van der Waals surface area contributed by atoms with E-state index in [0.717, 1.165) is 15.7 Å². The topological polar surface area (TPSA) is 113 Å². The van der Waals surface area contributed by atoms with Crippen LogP contribution in [0.1, 0.15) is 11.5 Å². The van der Waals surface area contributed by atoms with Crippen molar-refractivity contribution in [3.05, 3.63) is 113 Å². The van der Waals surface area contributed by atoms with Gasteiger partial charge in [-0.3, -0.25) is 19.6 Å². The molecule has 0 fully saturated rings. The third kappa shape index (κ3) is 4.63. The highest BCUT2D eigenvalue weighted by Crippen LogP contribution is 2.29. The molecule has 12 heteroatoms. The first-order chi connectivity index (χ1) is 17.8. The molecule has 0 saturated carbocycles. The molecular weight excluding hydrogens is 560 g/mol. The second-order valence-electron chi connectivity index (χ2n) is 7.89. The van der Waals surface area contributed by atoms with E-state index in [0.29, 0.717) is 16.2 Å². The Morgan fingerprint density at radius 2 is 1.81 bits per heavy atom. The Balaban J connectivity index is 1.69. The van der Waals surface area contributed by atoms with Crippen LogP contribution in [0.15, 0.2) is 95.9 Å². The van der Waals surface area contributed by atoms with E-state index in [2.05, 4.69) is 21.0 Å². The van der Waals surface area contributed by atoms with E-state index in [1.54, 1.807) is 21.1 Å². The lowest BCUT2D eigenvalue weighted by Crippen LogP contribution is -2.19. The first-order valence-corrected chi connectivity index (χ1v) is 12.6. The fourth-order valence-corrected chi connectivity index (χ4v) is 5.07. The maximum Gasteiger partial charge on any atom is 0.433 e. The highest BCUT2D eigenvalue weighted by atomic mass is 79.9. The molecule has 10 nitrogen and oxygen atoms in total. The minimum atomic E-state index is -0.613. The molecule has 3 heterocycles. The highest BCUT2D eigenvalue weighted by molar-refractivity contribution is 9.10. The molecule has 5 aromatic rings. The molecule has 0 unspecified atom stereocenters. The molecule has 0 amide bonds. The van der Waals surface area contributed by atoms with Crippen LogP contribution in [0.2, 0.25) is 0 Å². The van der Waals surface area contributed by atoms with Crippen molar-refractivity contribution in [1.82, 2.24) is 14.0 Å². The van der Waals surface area contributed by atoms with Gasteiger partial charge in [0.25, 0.3) is 5.56 Å². The van der Waals surface area contributed by atoms with Gasteiger partial charge in [-0.1, -0.05) is 52.3 Å². The summed E-state index contributed by atoms with van der Waals surface area (Å²) in [5.41, 5.74) is 3.00. The Hall–Kier alpha value is -4.29. The zero-order valence-corrected chi connectivity index (χ0v) is 22.0. The van der Waals surface area contributed by atoms with Gasteiger partial charge in [-0.25, -0.2) is 14.4 Å². The smallest absolute Gasteiger partial charge is 0.400 e. The average Bonchev–Trinajstić information content (AvgIpc) is 3.58. The fourth-order valence-electron chi connectivity index (χ4n) is 3.75. The second kappa shape index (κ2) is 9.99. The number of hydrogen-bond acceptors (Lipinski definition) is 7. The summed E-state index contributed by atoms with van der Waals surface area (Å²) >= 11 is 4.89. The minimum Gasteiger partial charge on any atom is -0.400 e. The van der Waals surface area contributed by atoms with Gasteiger partial charge in [0, 0.05) is 22.5 Å². The molecule has 37 heavy (non-hydrogen) atoms. The summed E-state index contributed by atoms with van der Waals surface area (Å²) < 4.78 is 11.0. The summed E-state index contributed by atoms with van der Waals surface area (Å²) in [5, 5.41) is 17.4. The summed E-state index contributed by atoms with van der Waals surface area (Å²) in [5.74, 6) is -0.175. The summed E-state index contributed by atoms with van der Waals surface area (Å²) in [4.78, 5) is 29.0. The Morgan fingerprint density at radius 1 is 1.08 bits per heavy atom. The van der Waals surface area contributed by atoms with Crippen LogP contribution in [-0.2, 0) is 7.05 Å². The molecule has 0 radical (unpaired) electrons. The van der Waals surface area contributed by atoms with Crippen molar-refractivity contribution in [3.8, 4) is 16.9 Å². The standard InChI is InChI=1S/C25H19BrN6O4S/c1-16-23(24(33)31(29(16)2)17-8-4-3-5-9-17)28-25-30(27-14-18-12-13-22(36-18)32(34)35)21(15-37-25)19-10-6-7-11-20(19)26/h3-15H,1-2H3. The van der Waals surface area contributed by atoms with Crippen LogP contribution in [0.3, 0.4) is 0 Å². The van der Waals surface area contributed by atoms with Gasteiger partial charge in [0.1, 0.15) is 4.92 Å². The average molecular weight is 579 g/mol. The Morgan fingerprint density at radius 3 is 2.51 bits per heavy atom. The highest BCUT2D eigenvalue weighted by Gasteiger charge is 2.17. The van der Waals surface area contributed by atoms with Gasteiger partial charge in [-0.05, 0) is 31.2 Å². The van der Waals surface area contributed by atoms with Gasteiger partial charge >= 0.3 is 5.88 Å². The Labute approximate surface area is 222 Å². The van der Waals surface area contributed by atoms with Crippen LogP contribution in [-0.4, -0.2) is 25.2 Å². The molecule has 0 aliphatic carbocycles. The van der Waals surface area contributed by atoms with E-state index in [4.69, 9.17) is 9.41 Å². The minimum absolute atomic E-state index is 0.205. The molecule has 0 spiro atoms. The van der Waals surface area contributed by atoms with E-state index >= 15 is 0 Å². The zero-order chi connectivity index (χ0) is 26.1. The molecule has 2 aromatic carbocycles. The van der Waals surface area contributed by atoms with E-state index in [-0.39, 0.29) is 22.9 Å². The van der Waals surface area contributed by atoms with Crippen LogP contribution in [0.5, 0.6) is 0 Å². The maximum absolute atomic E-state index is 13.4. The van der Waals surface area contributed by atoms with Crippen molar-refractivity contribution >= 4 is 45.1 Å². The number of para-hydroxylation sites is 1. The van der Waals surface area contributed by atoms with E-state index in [9.17, 15) is 14.9 Å². The lowest BCUT2D eigenvalue weighted by atomic mass is 10.2. The van der Waals surface area contributed by atoms with Gasteiger partial charge < -0.3 is 4.42 Å². The van der Waals surface area contributed by atoms with Crippen molar-refractivity contribution in [2.75, 3.05) is 0 Å². The SMILES string of the molecule is Cc1c(N=c2scc(-c3ccccc3Br)n2N=Cc2ccc([N+](=O)[O-])o2)c(=O)n(-c2ccccc2)n1C. The normalized spacial score (nSPS) is 12.0. The molecule has 0 aliphatic rings. The lowest BCUT2D eigenvalue weighted by Gasteiger charge is -2.07. The van der Waals surface area contributed by atoms with Crippen LogP contribution < -0.4 is 10.4 Å². The molecule has 0 aliphatic heterocycles. The van der Waals surface area contributed by atoms with E-state index in [1.165, 1.54) is 29.7 Å². The molecule has 0 bridgehead atoms. The quantitative estimate of drug-likeness (QED) is 0.152. The van der Waals surface area contributed by atoms with Crippen molar-refractivity contribution < 1.29 is 9.34 Å². The number of nitrogens with zero attached hydrogens (tertiary/aromatic N) is 6. The predicted molar refractivity (Wildman–Crippen MR) is 145 cm³/mol. The summed E-state index contributed by atoms with van der Waals surface area (Å²) in [6.07, 6.45) is 1.37. The van der Waals surface area contributed by atoms with Gasteiger partial charge in [0.05, 0.1) is 29.4 Å². The van der Waals surface area contributed by atoms with Gasteiger partial charge in [-0.15, -0.1) is 11.3 Å². The number of halogens is 1. The Kier molecular flexibility index (Phi) is 6.59. The van der Waals surface area contributed by atoms with Crippen LogP contribution >= 0.6 is 27.3 Å².